The standard InChI is InChI=1S/C16H18N4O5/c1-15(2)10-6-7-16(15,3)14(13(10)21)18-17-11-5-4-9(19(22)23)8-12(11)20(24)25/h4-5,8,10,17H,6-7H2,1-3H3/b18-14-. The van der Waals surface area contributed by atoms with Gasteiger partial charge in [-0.1, -0.05) is 20.8 Å². The molecule has 0 spiro atoms. The lowest BCUT2D eigenvalue weighted by Gasteiger charge is -2.33. The van der Waals surface area contributed by atoms with Gasteiger partial charge in [-0.2, -0.15) is 5.10 Å². The Morgan fingerprint density at radius 2 is 1.88 bits per heavy atom. The lowest BCUT2D eigenvalue weighted by molar-refractivity contribution is -0.393. The van der Waals surface area contributed by atoms with Gasteiger partial charge in [-0.15, -0.1) is 0 Å². The number of nitro benzene ring substituents is 2. The van der Waals surface area contributed by atoms with Crippen LogP contribution in [0.1, 0.15) is 33.6 Å². The molecule has 1 aromatic carbocycles. The second-order valence-corrected chi connectivity index (χ2v) is 7.30. The molecule has 132 valence electrons. The Morgan fingerprint density at radius 1 is 1.20 bits per heavy atom. The molecule has 0 amide bonds. The van der Waals surface area contributed by atoms with E-state index in [4.69, 9.17) is 0 Å². The number of rotatable bonds is 4. The van der Waals surface area contributed by atoms with E-state index in [9.17, 15) is 25.0 Å². The van der Waals surface area contributed by atoms with Crippen LogP contribution in [-0.4, -0.2) is 21.3 Å². The molecule has 1 N–H and O–H groups in total. The number of carbonyl (C=O) groups excluding carboxylic acids is 1. The molecule has 0 aromatic heterocycles. The first-order valence-corrected chi connectivity index (χ1v) is 7.91. The van der Waals surface area contributed by atoms with Crippen LogP contribution >= 0.6 is 0 Å². The lowest BCUT2D eigenvalue weighted by Crippen LogP contribution is -2.34. The van der Waals surface area contributed by atoms with E-state index in [-0.39, 0.29) is 28.5 Å². The molecule has 9 heteroatoms. The Balaban J connectivity index is 1.97. The monoisotopic (exact) mass is 346 g/mol. The minimum Gasteiger partial charge on any atom is -0.292 e. The summed E-state index contributed by atoms with van der Waals surface area (Å²) in [6.45, 7) is 6.07. The highest BCUT2D eigenvalue weighted by molar-refractivity contribution is 6.45. The number of hydrogen-bond acceptors (Lipinski definition) is 7. The van der Waals surface area contributed by atoms with Crippen molar-refractivity contribution in [1.29, 1.82) is 0 Å². The van der Waals surface area contributed by atoms with Crippen LogP contribution in [0.15, 0.2) is 23.3 Å². The van der Waals surface area contributed by atoms with E-state index >= 15 is 0 Å². The molecule has 2 fully saturated rings. The summed E-state index contributed by atoms with van der Waals surface area (Å²) in [7, 11) is 0. The molecule has 2 bridgehead atoms. The maximum atomic E-state index is 12.6. The van der Waals surface area contributed by atoms with E-state index < -0.39 is 20.9 Å². The van der Waals surface area contributed by atoms with Gasteiger partial charge < -0.3 is 0 Å². The number of fused-ring (bicyclic) bond motifs is 2. The topological polar surface area (TPSA) is 128 Å². The summed E-state index contributed by atoms with van der Waals surface area (Å²) in [4.78, 5) is 33.1. The zero-order chi connectivity index (χ0) is 18.6. The average Bonchev–Trinajstić information content (AvgIpc) is 2.84. The minimum absolute atomic E-state index is 0.0140. The maximum Gasteiger partial charge on any atom is 0.301 e. The largest absolute Gasteiger partial charge is 0.301 e. The summed E-state index contributed by atoms with van der Waals surface area (Å²) >= 11 is 0. The highest BCUT2D eigenvalue weighted by atomic mass is 16.6. The third-order valence-corrected chi connectivity index (χ3v) is 5.98. The van der Waals surface area contributed by atoms with Crippen LogP contribution in [-0.2, 0) is 4.79 Å². The number of carbonyl (C=O) groups is 1. The number of Topliss-reactive ketones (excluding diaryl/α,β-unsaturated/α-hetero) is 1. The van der Waals surface area contributed by atoms with Crippen molar-refractivity contribution in [3.8, 4) is 0 Å². The third kappa shape index (κ3) is 2.30. The molecule has 9 nitrogen and oxygen atoms in total. The van der Waals surface area contributed by atoms with Gasteiger partial charge in [0.15, 0.2) is 5.78 Å². The van der Waals surface area contributed by atoms with Crippen molar-refractivity contribution in [2.45, 2.75) is 33.6 Å². The van der Waals surface area contributed by atoms with Gasteiger partial charge in [-0.3, -0.25) is 30.4 Å². The second kappa shape index (κ2) is 5.33. The summed E-state index contributed by atoms with van der Waals surface area (Å²) in [5.41, 5.74) is 1.54. The van der Waals surface area contributed by atoms with Gasteiger partial charge in [0.2, 0.25) is 0 Å². The van der Waals surface area contributed by atoms with Crippen LogP contribution in [0.5, 0.6) is 0 Å². The summed E-state index contributed by atoms with van der Waals surface area (Å²) in [6.07, 6.45) is 1.65. The highest BCUT2D eigenvalue weighted by Gasteiger charge is 2.65. The number of hydrazone groups is 1. The molecule has 2 aliphatic rings. The maximum absolute atomic E-state index is 12.6. The van der Waals surface area contributed by atoms with Gasteiger partial charge in [0.1, 0.15) is 11.4 Å². The van der Waals surface area contributed by atoms with Gasteiger partial charge in [-0.05, 0) is 24.3 Å². The molecule has 2 atom stereocenters. The van der Waals surface area contributed by atoms with Crippen molar-refractivity contribution in [2.24, 2.45) is 21.8 Å². The van der Waals surface area contributed by atoms with Gasteiger partial charge in [0.05, 0.1) is 15.9 Å². The molecular weight excluding hydrogens is 328 g/mol. The van der Waals surface area contributed by atoms with Crippen molar-refractivity contribution >= 4 is 28.6 Å². The van der Waals surface area contributed by atoms with Crippen molar-refractivity contribution < 1.29 is 14.6 Å². The molecule has 2 aliphatic carbocycles. The first-order chi connectivity index (χ1) is 11.6. The molecule has 1 aromatic rings. The van der Waals surface area contributed by atoms with Gasteiger partial charge >= 0.3 is 5.69 Å². The number of nitro groups is 2. The second-order valence-electron chi connectivity index (χ2n) is 7.30. The minimum atomic E-state index is -0.718. The third-order valence-electron chi connectivity index (χ3n) is 5.98. The quantitative estimate of drug-likeness (QED) is 0.658. The average molecular weight is 346 g/mol. The van der Waals surface area contributed by atoms with Crippen molar-refractivity contribution in [3.63, 3.8) is 0 Å². The van der Waals surface area contributed by atoms with Crippen LogP contribution < -0.4 is 5.43 Å². The summed E-state index contributed by atoms with van der Waals surface area (Å²) in [5, 5.41) is 26.2. The normalized spacial score (nSPS) is 28.4. The first kappa shape index (κ1) is 17.0. The number of benzene rings is 1. The Morgan fingerprint density at radius 3 is 2.40 bits per heavy atom. The van der Waals surface area contributed by atoms with E-state index in [0.29, 0.717) is 5.71 Å². The summed E-state index contributed by atoms with van der Waals surface area (Å²) in [5.74, 6) is -0.124. The Kier molecular flexibility index (Phi) is 3.63. The fourth-order valence-corrected chi connectivity index (χ4v) is 3.99. The van der Waals surface area contributed by atoms with E-state index in [2.05, 4.69) is 10.5 Å². The molecule has 3 rings (SSSR count). The van der Waals surface area contributed by atoms with Crippen LogP contribution in [0.2, 0.25) is 0 Å². The zero-order valence-electron chi connectivity index (χ0n) is 14.1. The first-order valence-electron chi connectivity index (χ1n) is 7.91. The fraction of sp³-hybridized carbons (Fsp3) is 0.500. The van der Waals surface area contributed by atoms with E-state index in [1.165, 1.54) is 6.07 Å². The molecule has 0 aliphatic heterocycles. The van der Waals surface area contributed by atoms with Crippen LogP contribution in [0.4, 0.5) is 17.1 Å². The molecule has 2 unspecified atom stereocenters. The number of nitrogens with zero attached hydrogens (tertiary/aromatic N) is 3. The molecule has 0 saturated heterocycles. The number of non-ortho nitro benzene ring substituents is 1. The molecule has 0 heterocycles. The van der Waals surface area contributed by atoms with E-state index in [1.807, 2.05) is 20.8 Å². The highest BCUT2D eigenvalue weighted by Crippen LogP contribution is 2.62. The number of anilines is 1. The van der Waals surface area contributed by atoms with Gasteiger partial charge in [0.25, 0.3) is 5.69 Å². The zero-order valence-corrected chi connectivity index (χ0v) is 14.1. The molecule has 0 radical (unpaired) electrons. The van der Waals surface area contributed by atoms with Crippen LogP contribution in [0, 0.1) is 37.0 Å². The SMILES string of the molecule is CC12CCC(C(=O)/C1=N/Nc1ccc([N+](=O)[O-])cc1[N+](=O)[O-])C2(C)C. The summed E-state index contributed by atoms with van der Waals surface area (Å²) < 4.78 is 0. The number of ketones is 1. The molecule has 25 heavy (non-hydrogen) atoms. The van der Waals surface area contributed by atoms with Crippen LogP contribution in [0.25, 0.3) is 0 Å². The lowest BCUT2D eigenvalue weighted by atomic mass is 9.70. The Labute approximate surface area is 143 Å². The van der Waals surface area contributed by atoms with Gasteiger partial charge in [0, 0.05) is 17.4 Å². The predicted molar refractivity (Wildman–Crippen MR) is 90.4 cm³/mol. The molecule has 2 saturated carbocycles. The number of hydrogen-bond donors (Lipinski definition) is 1. The van der Waals surface area contributed by atoms with Crippen LogP contribution in [0.3, 0.4) is 0 Å². The van der Waals surface area contributed by atoms with E-state index in [1.54, 1.807) is 0 Å². The van der Waals surface area contributed by atoms with Crippen molar-refractivity contribution in [3.05, 3.63) is 38.4 Å². The van der Waals surface area contributed by atoms with Gasteiger partial charge in [-0.25, -0.2) is 0 Å². The number of nitrogens with one attached hydrogen (secondary N) is 1. The van der Waals surface area contributed by atoms with Crippen molar-refractivity contribution in [2.75, 3.05) is 5.43 Å². The Bertz CT molecular complexity index is 832. The smallest absolute Gasteiger partial charge is 0.292 e. The summed E-state index contributed by atoms with van der Waals surface area (Å²) in [6, 6.07) is 3.26. The van der Waals surface area contributed by atoms with Crippen molar-refractivity contribution in [1.82, 2.24) is 0 Å². The Hall–Kier alpha value is -2.84. The predicted octanol–water partition coefficient (Wildman–Crippen LogP) is 3.30. The van der Waals surface area contributed by atoms with E-state index in [0.717, 1.165) is 25.0 Å². The fourth-order valence-electron chi connectivity index (χ4n) is 3.99. The molecular formula is C16H18N4O5.